The van der Waals surface area contributed by atoms with Gasteiger partial charge in [0, 0.05) is 86.3 Å². The van der Waals surface area contributed by atoms with Crippen molar-refractivity contribution in [2.75, 3.05) is 53.0 Å². The Bertz CT molecular complexity index is 2570. The van der Waals surface area contributed by atoms with Gasteiger partial charge in [-0.1, -0.05) is 39.8 Å². The van der Waals surface area contributed by atoms with Gasteiger partial charge in [-0.05, 0) is 123 Å². The van der Waals surface area contributed by atoms with Crippen molar-refractivity contribution in [3.8, 4) is 28.1 Å². The summed E-state index contributed by atoms with van der Waals surface area (Å²) in [5.74, 6) is -0.898. The van der Waals surface area contributed by atoms with Crippen LogP contribution in [0.3, 0.4) is 0 Å². The van der Waals surface area contributed by atoms with Gasteiger partial charge in [-0.25, -0.2) is 5.43 Å². The van der Waals surface area contributed by atoms with E-state index >= 15 is 0 Å². The standard InChI is InChI=1S/C53H70N8O7/c1-8-60-44-15-14-35-26-39(44)40(47(60)38-12-9-18-54-45(38)33(4)67-7)27-52(5,6)31-68-51(66)41-13-10-20-61(57-41)50(65)42(24-34-22-36(35)25-37(62)23-34)56-48(63)46(32(2)3)58-21-17-53(29-58)16-11-19-59(30-53)49(64)43-28-55-43/h9,12,14-15,18,22-23,25-26,32-33,41-43,46,55,57,62H,8,10-11,13,16-17,19-21,24,27-31H2,1-7H3,(H,56,63)/t33-,41-,42-,43+,46-,53-/m0/s1. The fraction of sp³-hybridized carbons (Fsp3) is 0.566. The second-order valence-corrected chi connectivity index (χ2v) is 21.3. The zero-order valence-corrected chi connectivity index (χ0v) is 40.9. The summed E-state index contributed by atoms with van der Waals surface area (Å²) in [6.45, 7) is 17.2. The third kappa shape index (κ3) is 9.64. The van der Waals surface area contributed by atoms with Crippen molar-refractivity contribution in [1.29, 1.82) is 0 Å². The second-order valence-electron chi connectivity index (χ2n) is 21.3. The topological polar surface area (TPSA) is 181 Å². The first-order chi connectivity index (χ1) is 32.6. The Morgan fingerprint density at radius 2 is 1.82 bits per heavy atom. The number of amides is 3. The fourth-order valence-corrected chi connectivity index (χ4v) is 11.6. The lowest BCUT2D eigenvalue weighted by atomic mass is 9.79. The number of cyclic esters (lactones) is 1. The summed E-state index contributed by atoms with van der Waals surface area (Å²) in [4.78, 5) is 65.9. The molecule has 5 aliphatic heterocycles. The number of hydrogen-bond acceptors (Lipinski definition) is 11. The van der Waals surface area contributed by atoms with E-state index in [4.69, 9.17) is 14.5 Å². The van der Waals surface area contributed by atoms with Crippen LogP contribution >= 0.6 is 0 Å². The Labute approximate surface area is 400 Å². The predicted molar refractivity (Wildman–Crippen MR) is 260 cm³/mol. The number of phenolic OH excluding ortho intramolecular Hbond substituents is 1. The lowest BCUT2D eigenvalue weighted by Gasteiger charge is -2.41. The molecule has 0 aliphatic carbocycles. The quantitative estimate of drug-likeness (QED) is 0.118. The zero-order chi connectivity index (χ0) is 48.1. The molecule has 9 rings (SSSR count). The number of benzene rings is 2. The number of aryl methyl sites for hydroxylation is 1. The normalized spacial score (nSPS) is 25.3. The molecule has 15 nitrogen and oxygen atoms in total. The van der Waals surface area contributed by atoms with E-state index in [0.717, 1.165) is 76.9 Å². The number of esters is 1. The number of phenols is 1. The summed E-state index contributed by atoms with van der Waals surface area (Å²) < 4.78 is 14.3. The molecule has 0 unspecified atom stereocenters. The Balaban J connectivity index is 1.09. The molecule has 0 saturated carbocycles. The molecule has 2 aromatic heterocycles. The number of piperidine rings is 1. The summed E-state index contributed by atoms with van der Waals surface area (Å²) >= 11 is 0. The number of methoxy groups -OCH3 is 1. The van der Waals surface area contributed by atoms with E-state index < -0.39 is 29.5 Å². The minimum Gasteiger partial charge on any atom is -0.508 e. The molecule has 0 radical (unpaired) electrons. The molecule has 15 heteroatoms. The van der Waals surface area contributed by atoms with Gasteiger partial charge in [-0.15, -0.1) is 0 Å². The summed E-state index contributed by atoms with van der Waals surface area (Å²) in [5, 5.41) is 20.3. The first kappa shape index (κ1) is 47.7. The summed E-state index contributed by atoms with van der Waals surface area (Å²) in [6, 6.07) is 13.4. The largest absolute Gasteiger partial charge is 0.508 e. The lowest BCUT2D eigenvalue weighted by molar-refractivity contribution is -0.155. The van der Waals surface area contributed by atoms with Gasteiger partial charge in [-0.2, -0.15) is 0 Å². The van der Waals surface area contributed by atoms with E-state index in [1.54, 1.807) is 25.4 Å². The van der Waals surface area contributed by atoms with Crippen molar-refractivity contribution >= 4 is 34.6 Å². The number of carbonyl (C=O) groups excluding carboxylic acids is 4. The Hall–Kier alpha value is -5.35. The second kappa shape index (κ2) is 19.2. The fourth-order valence-electron chi connectivity index (χ4n) is 11.6. The monoisotopic (exact) mass is 931 g/mol. The maximum absolute atomic E-state index is 14.9. The highest BCUT2D eigenvalue weighted by Gasteiger charge is 2.48. The van der Waals surface area contributed by atoms with Gasteiger partial charge >= 0.3 is 5.97 Å². The van der Waals surface area contributed by atoms with Crippen LogP contribution in [0.4, 0.5) is 0 Å². The van der Waals surface area contributed by atoms with Crippen molar-refractivity contribution in [1.82, 2.24) is 40.4 Å². The zero-order valence-electron chi connectivity index (χ0n) is 40.9. The highest BCUT2D eigenvalue weighted by atomic mass is 16.5. The van der Waals surface area contributed by atoms with Crippen molar-refractivity contribution in [2.45, 2.75) is 123 Å². The summed E-state index contributed by atoms with van der Waals surface area (Å²) in [5.41, 5.74) is 9.88. The van der Waals surface area contributed by atoms with Crippen LogP contribution in [-0.2, 0) is 48.0 Å². The Morgan fingerprint density at radius 1 is 1.01 bits per heavy atom. The molecule has 4 N–H and O–H groups in total. The maximum atomic E-state index is 14.9. The molecule has 3 amide bonds. The lowest BCUT2D eigenvalue weighted by Crippen LogP contribution is -2.62. The molecule has 4 aromatic rings. The number of nitrogens with one attached hydrogen (secondary N) is 3. The third-order valence-corrected chi connectivity index (χ3v) is 15.1. The van der Waals surface area contributed by atoms with Gasteiger partial charge in [0.25, 0.3) is 5.91 Å². The number of carbonyl (C=O) groups is 4. The number of pyridine rings is 1. The molecule has 6 bridgehead atoms. The highest BCUT2D eigenvalue weighted by Crippen LogP contribution is 2.43. The summed E-state index contributed by atoms with van der Waals surface area (Å²) in [6.07, 6.45) is 6.07. The Morgan fingerprint density at radius 3 is 2.57 bits per heavy atom. The van der Waals surface area contributed by atoms with E-state index in [1.165, 1.54) is 5.01 Å². The number of aromatic nitrogens is 2. The van der Waals surface area contributed by atoms with Gasteiger partial charge in [0.05, 0.1) is 36.2 Å². The van der Waals surface area contributed by atoms with Gasteiger partial charge in [0.2, 0.25) is 11.8 Å². The van der Waals surface area contributed by atoms with Crippen LogP contribution in [0.25, 0.3) is 33.3 Å². The molecule has 5 aliphatic rings. The van der Waals surface area contributed by atoms with Gasteiger partial charge in [0.1, 0.15) is 17.8 Å². The number of aromatic hydroxyl groups is 1. The van der Waals surface area contributed by atoms with Crippen LogP contribution in [0.5, 0.6) is 5.75 Å². The first-order valence-electron chi connectivity index (χ1n) is 24.8. The predicted octanol–water partition coefficient (Wildman–Crippen LogP) is 5.76. The van der Waals surface area contributed by atoms with Crippen molar-refractivity contribution in [3.05, 3.63) is 71.5 Å². The molecule has 2 aromatic carbocycles. The van der Waals surface area contributed by atoms with Crippen molar-refractivity contribution in [3.63, 3.8) is 0 Å². The number of rotatable bonds is 9. The van der Waals surface area contributed by atoms with Gasteiger partial charge in [0.15, 0.2) is 0 Å². The number of nitrogens with zero attached hydrogens (tertiary/aromatic N) is 5. The molecule has 68 heavy (non-hydrogen) atoms. The molecular formula is C53H70N8O7. The maximum Gasteiger partial charge on any atom is 0.324 e. The van der Waals surface area contributed by atoms with Crippen LogP contribution in [-0.4, -0.2) is 130 Å². The molecular weight excluding hydrogens is 861 g/mol. The molecule has 4 fully saturated rings. The van der Waals surface area contributed by atoms with E-state index in [0.29, 0.717) is 57.5 Å². The number of ether oxygens (including phenoxy) is 2. The van der Waals surface area contributed by atoms with Crippen molar-refractivity contribution < 1.29 is 33.8 Å². The molecule has 7 heterocycles. The van der Waals surface area contributed by atoms with E-state index in [1.807, 2.05) is 37.8 Å². The summed E-state index contributed by atoms with van der Waals surface area (Å²) in [7, 11) is 1.69. The molecule has 6 atom stereocenters. The van der Waals surface area contributed by atoms with Crippen LogP contribution in [0.15, 0.2) is 54.7 Å². The molecule has 1 spiro atoms. The van der Waals surface area contributed by atoms with Crippen LogP contribution in [0.1, 0.15) is 96.6 Å². The van der Waals surface area contributed by atoms with E-state index in [-0.39, 0.29) is 60.0 Å². The molecule has 4 saturated heterocycles. The minimum absolute atomic E-state index is 0.0464. The SMILES string of the molecule is CCn1c(-c2cccnc2[C@H](C)OC)c2c3cc(ccc31)-c1cc(O)cc(c1)C[C@H](NC(=O)[C@H](C(C)C)N1CC[C@@]3(CCCN(C(=O)[C@H]4CN4)C3)C1)C(=O)N1CCC[C@H](N1)C(=O)OCC(C)(C)C2. The van der Waals surface area contributed by atoms with Crippen LogP contribution in [0, 0.1) is 16.7 Å². The minimum atomic E-state index is -1.03. The highest BCUT2D eigenvalue weighted by molar-refractivity contribution is 5.96. The Kier molecular flexibility index (Phi) is 13.5. The third-order valence-electron chi connectivity index (χ3n) is 15.1. The smallest absolute Gasteiger partial charge is 0.324 e. The van der Waals surface area contributed by atoms with Crippen LogP contribution < -0.4 is 16.1 Å². The van der Waals surface area contributed by atoms with Gasteiger partial charge < -0.3 is 34.7 Å². The van der Waals surface area contributed by atoms with Crippen LogP contribution in [0.2, 0.25) is 0 Å². The molecule has 364 valence electrons. The number of likely N-dealkylation sites (tertiary alicyclic amines) is 2. The van der Waals surface area contributed by atoms with Gasteiger partial charge in [-0.3, -0.25) is 34.1 Å². The average Bonchev–Trinajstić information content (AvgIpc) is 4.05. The number of fused-ring (bicyclic) bond motifs is 6. The number of hydrazine groups is 1. The first-order valence-corrected chi connectivity index (χ1v) is 24.8. The van der Waals surface area contributed by atoms with E-state index in [9.17, 15) is 24.3 Å². The average molecular weight is 931 g/mol. The van der Waals surface area contributed by atoms with Crippen molar-refractivity contribution in [2.24, 2.45) is 16.7 Å². The van der Waals surface area contributed by atoms with E-state index in [2.05, 4.69) is 70.6 Å². The number of hydrogen-bond donors (Lipinski definition) is 4.